The molecule has 168 valence electrons. The summed E-state index contributed by atoms with van der Waals surface area (Å²) in [7, 11) is 0. The summed E-state index contributed by atoms with van der Waals surface area (Å²) in [4.78, 5) is 15.2. The molecule has 10 nitrogen and oxygen atoms in total. The van der Waals surface area contributed by atoms with E-state index in [-0.39, 0.29) is 0 Å². The van der Waals surface area contributed by atoms with Crippen LogP contribution in [0.4, 0.5) is 17.8 Å². The highest BCUT2D eigenvalue weighted by Gasteiger charge is 2.14. The number of hydrogen-bond acceptors (Lipinski definition) is 10. The van der Waals surface area contributed by atoms with Crippen LogP contribution in [0.25, 0.3) is 0 Å². The van der Waals surface area contributed by atoms with E-state index in [1.165, 1.54) is 0 Å². The van der Waals surface area contributed by atoms with E-state index >= 15 is 0 Å². The number of nitrogens with one attached hydrogen (secondary N) is 2. The molecule has 29 heavy (non-hydrogen) atoms. The van der Waals surface area contributed by atoms with Gasteiger partial charge < -0.3 is 29.6 Å². The number of hydrogen-bond donors (Lipinski definition) is 2. The molecule has 1 aromatic heterocycles. The molecule has 1 rings (SSSR count). The van der Waals surface area contributed by atoms with Gasteiger partial charge in [0.2, 0.25) is 17.8 Å². The number of nitrogens with zero attached hydrogens (tertiary/aromatic N) is 4. The molecule has 0 aromatic carbocycles. The molecule has 0 radical (unpaired) electrons. The number of rotatable bonds is 19. The van der Waals surface area contributed by atoms with Gasteiger partial charge in [-0.15, -0.1) is 0 Å². The summed E-state index contributed by atoms with van der Waals surface area (Å²) in [6, 6.07) is 0. The lowest BCUT2D eigenvalue weighted by atomic mass is 10.5. The first-order chi connectivity index (χ1) is 14.2. The van der Waals surface area contributed by atoms with Crippen molar-refractivity contribution in [2.24, 2.45) is 0 Å². The third-order valence-electron chi connectivity index (χ3n) is 3.46. The Hall–Kier alpha value is -1.75. The maximum atomic E-state index is 5.69. The first kappa shape index (κ1) is 25.3. The first-order valence-electron chi connectivity index (χ1n) is 10.5. The van der Waals surface area contributed by atoms with Crippen molar-refractivity contribution in [2.45, 2.75) is 53.4 Å². The van der Waals surface area contributed by atoms with Crippen molar-refractivity contribution in [1.82, 2.24) is 15.0 Å². The molecular formula is C19H38N6O4. The summed E-state index contributed by atoms with van der Waals surface area (Å²) in [5.41, 5.74) is 0. The van der Waals surface area contributed by atoms with Crippen LogP contribution in [0.15, 0.2) is 0 Å². The van der Waals surface area contributed by atoms with Gasteiger partial charge in [0.05, 0.1) is 0 Å². The van der Waals surface area contributed by atoms with E-state index in [1.54, 1.807) is 0 Å². The molecule has 0 amide bonds. The van der Waals surface area contributed by atoms with E-state index in [0.29, 0.717) is 71.2 Å². The Balaban J connectivity index is 2.89. The fourth-order valence-electron chi connectivity index (χ4n) is 2.12. The summed E-state index contributed by atoms with van der Waals surface area (Å²) in [5, 5.41) is 6.16. The van der Waals surface area contributed by atoms with Gasteiger partial charge >= 0.3 is 0 Å². The molecule has 0 aliphatic heterocycles. The Morgan fingerprint density at radius 1 is 0.621 bits per heavy atom. The molecule has 0 spiro atoms. The molecule has 1 aromatic rings. The molecule has 1 heterocycles. The van der Waals surface area contributed by atoms with E-state index in [2.05, 4.69) is 53.3 Å². The molecule has 0 aliphatic carbocycles. The van der Waals surface area contributed by atoms with Gasteiger partial charge in [-0.2, -0.15) is 15.0 Å². The van der Waals surface area contributed by atoms with E-state index in [9.17, 15) is 0 Å². The predicted molar refractivity (Wildman–Crippen MR) is 114 cm³/mol. The summed E-state index contributed by atoms with van der Waals surface area (Å²) < 4.78 is 22.3. The highest BCUT2D eigenvalue weighted by Crippen LogP contribution is 2.14. The van der Waals surface area contributed by atoms with Crippen molar-refractivity contribution in [3.8, 4) is 0 Å². The normalized spacial score (nSPS) is 10.9. The van der Waals surface area contributed by atoms with Crippen LogP contribution in [-0.4, -0.2) is 68.3 Å². The zero-order chi connectivity index (χ0) is 21.2. The third-order valence-corrected chi connectivity index (χ3v) is 3.46. The number of aromatic nitrogens is 3. The maximum absolute atomic E-state index is 5.69. The molecule has 2 N–H and O–H groups in total. The summed E-state index contributed by atoms with van der Waals surface area (Å²) >= 11 is 0. The highest BCUT2D eigenvalue weighted by atomic mass is 16.5. The smallest absolute Gasteiger partial charge is 0.235 e. The summed E-state index contributed by atoms with van der Waals surface area (Å²) in [5.74, 6) is 1.29. The second kappa shape index (κ2) is 17.1. The average Bonchev–Trinajstić information content (AvgIpc) is 2.73. The van der Waals surface area contributed by atoms with Crippen LogP contribution in [0.3, 0.4) is 0 Å². The molecule has 0 bridgehead atoms. The molecule has 10 heteroatoms. The van der Waals surface area contributed by atoms with Gasteiger partial charge in [0.25, 0.3) is 0 Å². The Labute approximate surface area is 174 Å². The Kier molecular flexibility index (Phi) is 14.9. The first-order valence-corrected chi connectivity index (χ1v) is 10.5. The van der Waals surface area contributed by atoms with Gasteiger partial charge in [-0.05, 0) is 25.7 Å². The van der Waals surface area contributed by atoms with Gasteiger partial charge in [-0.1, -0.05) is 27.7 Å². The highest BCUT2D eigenvalue weighted by molar-refractivity contribution is 5.43. The Morgan fingerprint density at radius 3 is 1.45 bits per heavy atom. The van der Waals surface area contributed by atoms with Crippen molar-refractivity contribution in [1.29, 1.82) is 0 Å². The van der Waals surface area contributed by atoms with Gasteiger partial charge in [0, 0.05) is 26.4 Å². The lowest BCUT2D eigenvalue weighted by molar-refractivity contribution is 0.0839. The van der Waals surface area contributed by atoms with Gasteiger partial charge in [0.15, 0.2) is 0 Å². The van der Waals surface area contributed by atoms with E-state index in [0.717, 1.165) is 25.7 Å². The summed E-state index contributed by atoms with van der Waals surface area (Å²) in [6.07, 6.45) is 3.76. The predicted octanol–water partition coefficient (Wildman–Crippen LogP) is 3.04. The quantitative estimate of drug-likeness (QED) is 0.259. The minimum absolute atomic E-state index is 0.321. The maximum Gasteiger partial charge on any atom is 0.235 e. The SMILES string of the molecule is CCCOCNc1nc(NCOCCC)nc(N(COCCC)COCCC)n1. The standard InChI is InChI=1S/C19H38N6O4/c1-5-9-26-13-20-17-22-18(21-14-27-10-6-2)24-19(23-17)25(15-28-11-7-3)16-29-12-8-4/h5-16H2,1-4H3,(H2,20,21,22,23,24). The fourth-order valence-corrected chi connectivity index (χ4v) is 2.12. The van der Waals surface area contributed by atoms with Crippen LogP contribution in [0.5, 0.6) is 0 Å². The average molecular weight is 415 g/mol. The molecular weight excluding hydrogens is 376 g/mol. The zero-order valence-corrected chi connectivity index (χ0v) is 18.4. The van der Waals surface area contributed by atoms with E-state index in [4.69, 9.17) is 18.9 Å². The Morgan fingerprint density at radius 2 is 1.03 bits per heavy atom. The molecule has 0 fully saturated rings. The van der Waals surface area contributed by atoms with Crippen molar-refractivity contribution in [3.05, 3.63) is 0 Å². The lowest BCUT2D eigenvalue weighted by Crippen LogP contribution is -2.32. The van der Waals surface area contributed by atoms with Crippen molar-refractivity contribution in [3.63, 3.8) is 0 Å². The monoisotopic (exact) mass is 414 g/mol. The van der Waals surface area contributed by atoms with Crippen molar-refractivity contribution >= 4 is 17.8 Å². The molecule has 0 atom stereocenters. The molecule has 0 unspecified atom stereocenters. The summed E-state index contributed by atoms with van der Waals surface area (Å²) in [6.45, 7) is 12.2. The van der Waals surface area contributed by atoms with Crippen LogP contribution in [0, 0.1) is 0 Å². The van der Waals surface area contributed by atoms with Gasteiger partial charge in [-0.3, -0.25) is 4.90 Å². The second-order valence-electron chi connectivity index (χ2n) is 6.36. The van der Waals surface area contributed by atoms with Crippen LogP contribution in [0.1, 0.15) is 53.4 Å². The molecule has 0 saturated heterocycles. The van der Waals surface area contributed by atoms with Crippen LogP contribution < -0.4 is 15.5 Å². The van der Waals surface area contributed by atoms with Crippen LogP contribution >= 0.6 is 0 Å². The zero-order valence-electron chi connectivity index (χ0n) is 18.4. The second-order valence-corrected chi connectivity index (χ2v) is 6.36. The fraction of sp³-hybridized carbons (Fsp3) is 0.842. The largest absolute Gasteiger partial charge is 0.361 e. The van der Waals surface area contributed by atoms with E-state index in [1.807, 2.05) is 4.90 Å². The van der Waals surface area contributed by atoms with E-state index < -0.39 is 0 Å². The van der Waals surface area contributed by atoms with Crippen LogP contribution in [-0.2, 0) is 18.9 Å². The Bertz CT molecular complexity index is 483. The lowest BCUT2D eigenvalue weighted by Gasteiger charge is -2.23. The number of ether oxygens (including phenoxy) is 4. The van der Waals surface area contributed by atoms with Crippen LogP contribution in [0.2, 0.25) is 0 Å². The van der Waals surface area contributed by atoms with Crippen molar-refractivity contribution in [2.75, 3.05) is 68.9 Å². The number of anilines is 3. The van der Waals surface area contributed by atoms with Gasteiger partial charge in [0.1, 0.15) is 26.9 Å². The topological polar surface area (TPSA) is 103 Å². The third kappa shape index (κ3) is 11.7. The minimum Gasteiger partial charge on any atom is -0.361 e. The van der Waals surface area contributed by atoms with Gasteiger partial charge in [-0.25, -0.2) is 0 Å². The molecule has 0 aliphatic rings. The molecule has 0 saturated carbocycles. The van der Waals surface area contributed by atoms with Crippen molar-refractivity contribution < 1.29 is 18.9 Å². The minimum atomic E-state index is 0.321.